The van der Waals surface area contributed by atoms with Crippen LogP contribution in [0.4, 0.5) is 5.69 Å². The summed E-state index contributed by atoms with van der Waals surface area (Å²) in [6.07, 6.45) is 2.10. The van der Waals surface area contributed by atoms with E-state index in [4.69, 9.17) is 0 Å². The van der Waals surface area contributed by atoms with E-state index in [1.54, 1.807) is 24.1 Å². The third-order valence-electron chi connectivity index (χ3n) is 3.75. The van der Waals surface area contributed by atoms with Crippen LogP contribution in [0.2, 0.25) is 0 Å². The third-order valence-corrected chi connectivity index (χ3v) is 4.57. The molecule has 6 heteroatoms. The van der Waals surface area contributed by atoms with Gasteiger partial charge in [0.05, 0.1) is 4.92 Å². The standard InChI is InChI=1S/C12H15N3O2S.C2H6/c1-18-14-7-12(8-14)13-5-9-2-3-11(15(16)17)4-10(9)6-13;1-2/h2-4,12H,5-8H2,1H3;1-2H3. The summed E-state index contributed by atoms with van der Waals surface area (Å²) >= 11 is 1.78. The zero-order valence-corrected chi connectivity index (χ0v) is 13.0. The minimum absolute atomic E-state index is 0.204. The number of nitrogens with zero attached hydrogens (tertiary/aromatic N) is 3. The van der Waals surface area contributed by atoms with E-state index in [1.807, 2.05) is 19.9 Å². The number of non-ortho nitro benzene ring substituents is 1. The van der Waals surface area contributed by atoms with E-state index >= 15 is 0 Å². The largest absolute Gasteiger partial charge is 0.289 e. The van der Waals surface area contributed by atoms with Gasteiger partial charge in [0.2, 0.25) is 0 Å². The molecule has 5 nitrogen and oxygen atoms in total. The highest BCUT2D eigenvalue weighted by molar-refractivity contribution is 7.96. The van der Waals surface area contributed by atoms with Gasteiger partial charge < -0.3 is 0 Å². The molecule has 1 aromatic rings. The van der Waals surface area contributed by atoms with Gasteiger partial charge in [-0.05, 0) is 17.4 Å². The molecule has 0 radical (unpaired) electrons. The topological polar surface area (TPSA) is 49.6 Å². The van der Waals surface area contributed by atoms with Gasteiger partial charge in [-0.25, -0.2) is 4.31 Å². The van der Waals surface area contributed by atoms with E-state index < -0.39 is 0 Å². The van der Waals surface area contributed by atoms with E-state index in [-0.39, 0.29) is 10.6 Å². The van der Waals surface area contributed by atoms with Gasteiger partial charge in [-0.15, -0.1) is 0 Å². The van der Waals surface area contributed by atoms with Crippen molar-refractivity contribution < 1.29 is 4.92 Å². The smallest absolute Gasteiger partial charge is 0.269 e. The minimum atomic E-state index is -0.318. The Labute approximate surface area is 124 Å². The van der Waals surface area contributed by atoms with E-state index in [1.165, 1.54) is 5.56 Å². The summed E-state index contributed by atoms with van der Waals surface area (Å²) in [6.45, 7) is 7.97. The lowest BCUT2D eigenvalue weighted by molar-refractivity contribution is -0.384. The number of benzene rings is 1. The van der Waals surface area contributed by atoms with Crippen molar-refractivity contribution in [2.24, 2.45) is 0 Å². The molecule has 1 saturated heterocycles. The van der Waals surface area contributed by atoms with Crippen LogP contribution in [0.15, 0.2) is 18.2 Å². The molecule has 1 aromatic carbocycles. The van der Waals surface area contributed by atoms with Crippen LogP contribution in [0.25, 0.3) is 0 Å². The van der Waals surface area contributed by atoms with Crippen molar-refractivity contribution in [3.05, 3.63) is 39.4 Å². The van der Waals surface area contributed by atoms with E-state index in [0.717, 1.165) is 31.7 Å². The normalized spacial score (nSPS) is 18.9. The lowest BCUT2D eigenvalue weighted by Gasteiger charge is -2.42. The molecular weight excluding hydrogens is 274 g/mol. The average molecular weight is 295 g/mol. The molecule has 0 amide bonds. The molecule has 0 aromatic heterocycles. The molecule has 110 valence electrons. The third kappa shape index (κ3) is 2.97. The van der Waals surface area contributed by atoms with E-state index in [9.17, 15) is 10.1 Å². The molecule has 3 rings (SSSR count). The Balaban J connectivity index is 0.000000704. The minimum Gasteiger partial charge on any atom is -0.289 e. The van der Waals surface area contributed by atoms with Gasteiger partial charge in [-0.3, -0.25) is 15.0 Å². The molecule has 0 unspecified atom stereocenters. The molecule has 0 N–H and O–H groups in total. The van der Waals surface area contributed by atoms with Gasteiger partial charge in [0.1, 0.15) is 0 Å². The second kappa shape index (κ2) is 6.56. The van der Waals surface area contributed by atoms with Crippen LogP contribution in [-0.4, -0.2) is 39.5 Å². The molecule has 0 saturated carbocycles. The van der Waals surface area contributed by atoms with Crippen LogP contribution >= 0.6 is 11.9 Å². The maximum absolute atomic E-state index is 10.7. The monoisotopic (exact) mass is 295 g/mol. The molecule has 2 heterocycles. The van der Waals surface area contributed by atoms with Crippen LogP contribution < -0.4 is 0 Å². The first-order valence-electron chi connectivity index (χ1n) is 6.96. The number of nitro benzene ring substituents is 1. The molecule has 0 bridgehead atoms. The van der Waals surface area contributed by atoms with Crippen molar-refractivity contribution >= 4 is 17.6 Å². The number of nitro groups is 1. The van der Waals surface area contributed by atoms with Crippen molar-refractivity contribution in [3.63, 3.8) is 0 Å². The molecule has 0 atom stereocenters. The average Bonchev–Trinajstić information content (AvgIpc) is 2.82. The fourth-order valence-corrected chi connectivity index (χ4v) is 3.22. The first-order valence-corrected chi connectivity index (χ1v) is 8.15. The zero-order valence-electron chi connectivity index (χ0n) is 12.2. The summed E-state index contributed by atoms with van der Waals surface area (Å²) in [5.74, 6) is 0. The summed E-state index contributed by atoms with van der Waals surface area (Å²) in [7, 11) is 0. The van der Waals surface area contributed by atoms with Crippen molar-refractivity contribution in [1.82, 2.24) is 9.21 Å². The fraction of sp³-hybridized carbons (Fsp3) is 0.571. The predicted octanol–water partition coefficient (Wildman–Crippen LogP) is 2.90. The summed E-state index contributed by atoms with van der Waals surface area (Å²) in [6, 6.07) is 5.83. The summed E-state index contributed by atoms with van der Waals surface area (Å²) in [5.41, 5.74) is 2.56. The predicted molar refractivity (Wildman–Crippen MR) is 82.6 cm³/mol. The quantitative estimate of drug-likeness (QED) is 0.487. The zero-order chi connectivity index (χ0) is 14.7. The number of rotatable bonds is 3. The van der Waals surface area contributed by atoms with Gasteiger partial charge in [-0.2, -0.15) is 0 Å². The summed E-state index contributed by atoms with van der Waals surface area (Å²) in [4.78, 5) is 12.8. The van der Waals surface area contributed by atoms with E-state index in [0.29, 0.717) is 6.04 Å². The van der Waals surface area contributed by atoms with Crippen LogP contribution in [-0.2, 0) is 13.1 Å². The number of hydrogen-bond donors (Lipinski definition) is 0. The van der Waals surface area contributed by atoms with Gasteiger partial charge >= 0.3 is 0 Å². The SMILES string of the molecule is CC.CSN1CC(N2Cc3ccc([N+](=O)[O-])cc3C2)C1. The Bertz CT molecular complexity index is 489. The molecule has 0 aliphatic carbocycles. The molecule has 2 aliphatic rings. The van der Waals surface area contributed by atoms with Crippen molar-refractivity contribution in [3.8, 4) is 0 Å². The highest BCUT2D eigenvalue weighted by Gasteiger charge is 2.34. The summed E-state index contributed by atoms with van der Waals surface area (Å²) < 4.78 is 2.33. The van der Waals surface area contributed by atoms with Crippen molar-refractivity contribution in [1.29, 1.82) is 0 Å². The highest BCUT2D eigenvalue weighted by Crippen LogP contribution is 2.31. The van der Waals surface area contributed by atoms with Crippen LogP contribution in [0.3, 0.4) is 0 Å². The lowest BCUT2D eigenvalue weighted by atomic mass is 10.1. The van der Waals surface area contributed by atoms with Gasteiger partial charge in [0, 0.05) is 44.4 Å². The molecular formula is C14H21N3O2S. The molecule has 1 fully saturated rings. The lowest BCUT2D eigenvalue weighted by Crippen LogP contribution is -2.54. The Morgan fingerprint density at radius 1 is 1.25 bits per heavy atom. The second-order valence-electron chi connectivity index (χ2n) is 4.80. The molecule has 2 aliphatic heterocycles. The molecule has 20 heavy (non-hydrogen) atoms. The summed E-state index contributed by atoms with van der Waals surface area (Å²) in [5, 5.41) is 10.7. The first kappa shape index (κ1) is 15.3. The Hall–Kier alpha value is -1.11. The van der Waals surface area contributed by atoms with Gasteiger partial charge in [0.15, 0.2) is 0 Å². The van der Waals surface area contributed by atoms with Gasteiger partial charge in [0.25, 0.3) is 5.69 Å². The Morgan fingerprint density at radius 2 is 1.90 bits per heavy atom. The van der Waals surface area contributed by atoms with Crippen molar-refractivity contribution in [2.45, 2.75) is 33.0 Å². The fourth-order valence-electron chi connectivity index (χ4n) is 2.58. The van der Waals surface area contributed by atoms with Crippen LogP contribution in [0.1, 0.15) is 25.0 Å². The molecule has 0 spiro atoms. The maximum Gasteiger partial charge on any atom is 0.269 e. The van der Waals surface area contributed by atoms with Crippen LogP contribution in [0.5, 0.6) is 0 Å². The van der Waals surface area contributed by atoms with Crippen molar-refractivity contribution in [2.75, 3.05) is 19.3 Å². The number of fused-ring (bicyclic) bond motifs is 1. The van der Waals surface area contributed by atoms with Gasteiger partial charge in [-0.1, -0.05) is 31.9 Å². The van der Waals surface area contributed by atoms with E-state index in [2.05, 4.69) is 15.5 Å². The second-order valence-corrected chi connectivity index (χ2v) is 5.68. The first-order chi connectivity index (χ1) is 9.67. The maximum atomic E-state index is 10.7. The Kier molecular flexibility index (Phi) is 5.01. The van der Waals surface area contributed by atoms with Crippen LogP contribution in [0, 0.1) is 10.1 Å². The Morgan fingerprint density at radius 3 is 2.50 bits per heavy atom. The highest BCUT2D eigenvalue weighted by atomic mass is 32.2. The number of hydrogen-bond acceptors (Lipinski definition) is 5.